The van der Waals surface area contributed by atoms with Gasteiger partial charge in [0.15, 0.2) is 0 Å². The topological polar surface area (TPSA) is 53.6 Å². The van der Waals surface area contributed by atoms with E-state index in [1.807, 2.05) is 0 Å². The van der Waals surface area contributed by atoms with E-state index in [9.17, 15) is 13.2 Å². The van der Waals surface area contributed by atoms with Crippen LogP contribution in [-0.4, -0.2) is 22.0 Å². The first-order valence-electron chi connectivity index (χ1n) is 7.81. The number of nitrogens with zero attached hydrogens (tertiary/aromatic N) is 2. The lowest BCUT2D eigenvalue weighted by Gasteiger charge is -2.13. The van der Waals surface area contributed by atoms with Crippen molar-refractivity contribution in [1.29, 1.82) is 0 Å². The molecule has 0 amide bonds. The highest BCUT2D eigenvalue weighted by molar-refractivity contribution is 5.71. The number of nitrogens with one attached hydrogen (secondary N) is 2. The van der Waals surface area contributed by atoms with Gasteiger partial charge in [0.1, 0.15) is 12.1 Å². The minimum absolute atomic E-state index is 0.293. The molecule has 0 atom stereocenters. The van der Waals surface area contributed by atoms with Crippen LogP contribution in [0.5, 0.6) is 0 Å². The summed E-state index contributed by atoms with van der Waals surface area (Å²) in [5.74, 6) is 0.660. The lowest BCUT2D eigenvalue weighted by atomic mass is 9.98. The summed E-state index contributed by atoms with van der Waals surface area (Å²) in [5.41, 5.74) is 2.26. The molecule has 2 N–H and O–H groups in total. The Hall–Kier alpha value is -2.83. The summed E-state index contributed by atoms with van der Waals surface area (Å²) in [6.45, 7) is 1.72. The standard InChI is InChI=1S/C18H17F3N4/c1-3-11-4-5-12(6-14(11)18(19,20)21)13-7-15(23-9-13)16-8-17(22-2)25-10-24-16/h4-10,23H,3H2,1-2H3,(H,22,24,25). The summed E-state index contributed by atoms with van der Waals surface area (Å²) >= 11 is 0. The van der Waals surface area contributed by atoms with E-state index in [-0.39, 0.29) is 0 Å². The molecular weight excluding hydrogens is 329 g/mol. The summed E-state index contributed by atoms with van der Waals surface area (Å²) in [7, 11) is 1.75. The number of hydrogen-bond donors (Lipinski definition) is 2. The smallest absolute Gasteiger partial charge is 0.373 e. The third-order valence-corrected chi connectivity index (χ3v) is 4.01. The lowest BCUT2D eigenvalue weighted by Crippen LogP contribution is -2.08. The summed E-state index contributed by atoms with van der Waals surface area (Å²) in [6, 6.07) is 7.99. The summed E-state index contributed by atoms with van der Waals surface area (Å²) in [4.78, 5) is 11.3. The maximum Gasteiger partial charge on any atom is 0.416 e. The molecule has 2 aromatic heterocycles. The zero-order valence-electron chi connectivity index (χ0n) is 13.8. The molecule has 0 aliphatic carbocycles. The second-order valence-electron chi connectivity index (χ2n) is 5.56. The van der Waals surface area contributed by atoms with Crippen molar-refractivity contribution < 1.29 is 13.2 Å². The fourth-order valence-electron chi connectivity index (χ4n) is 2.68. The SMILES string of the molecule is CCc1ccc(-c2c[nH]c(-c3cc(NC)ncn3)c2)cc1C(F)(F)F. The van der Waals surface area contributed by atoms with Gasteiger partial charge >= 0.3 is 6.18 Å². The molecule has 2 heterocycles. The molecule has 0 saturated carbocycles. The molecule has 0 saturated heterocycles. The van der Waals surface area contributed by atoms with Crippen LogP contribution in [0.25, 0.3) is 22.5 Å². The van der Waals surface area contributed by atoms with Crippen molar-refractivity contribution >= 4 is 5.82 Å². The Balaban J connectivity index is 2.00. The Morgan fingerprint density at radius 3 is 2.56 bits per heavy atom. The number of anilines is 1. The van der Waals surface area contributed by atoms with E-state index in [2.05, 4.69) is 20.3 Å². The van der Waals surface area contributed by atoms with Gasteiger partial charge in [-0.3, -0.25) is 0 Å². The van der Waals surface area contributed by atoms with Crippen LogP contribution in [0.1, 0.15) is 18.1 Å². The third kappa shape index (κ3) is 3.50. The predicted octanol–water partition coefficient (Wildman–Crippen LogP) is 4.76. The number of alkyl halides is 3. The van der Waals surface area contributed by atoms with Crippen molar-refractivity contribution in [3.8, 4) is 22.5 Å². The molecule has 0 radical (unpaired) electrons. The van der Waals surface area contributed by atoms with Gasteiger partial charge in [0.05, 0.1) is 17.0 Å². The van der Waals surface area contributed by atoms with E-state index in [0.717, 1.165) is 0 Å². The van der Waals surface area contributed by atoms with Crippen LogP contribution in [0.3, 0.4) is 0 Å². The molecule has 0 spiro atoms. The van der Waals surface area contributed by atoms with Crippen molar-refractivity contribution in [2.45, 2.75) is 19.5 Å². The number of rotatable bonds is 4. The molecule has 7 heteroatoms. The maximum atomic E-state index is 13.3. The van der Waals surface area contributed by atoms with Crippen molar-refractivity contribution in [2.75, 3.05) is 12.4 Å². The zero-order valence-corrected chi connectivity index (χ0v) is 13.8. The highest BCUT2D eigenvalue weighted by Gasteiger charge is 2.33. The Bertz CT molecular complexity index is 884. The number of halogens is 3. The van der Waals surface area contributed by atoms with Crippen LogP contribution in [0.15, 0.2) is 42.9 Å². The lowest BCUT2D eigenvalue weighted by molar-refractivity contribution is -0.138. The van der Waals surface area contributed by atoms with E-state index in [0.29, 0.717) is 40.3 Å². The van der Waals surface area contributed by atoms with Gasteiger partial charge in [-0.15, -0.1) is 0 Å². The van der Waals surface area contributed by atoms with E-state index in [1.165, 1.54) is 18.5 Å². The van der Waals surface area contributed by atoms with Gasteiger partial charge in [0.2, 0.25) is 0 Å². The fourth-order valence-corrected chi connectivity index (χ4v) is 2.68. The molecule has 1 aromatic carbocycles. The van der Waals surface area contributed by atoms with E-state index in [4.69, 9.17) is 0 Å². The van der Waals surface area contributed by atoms with Gasteiger partial charge < -0.3 is 10.3 Å². The van der Waals surface area contributed by atoms with Gasteiger partial charge in [-0.1, -0.05) is 19.1 Å². The van der Waals surface area contributed by atoms with E-state index < -0.39 is 11.7 Å². The number of aromatic nitrogens is 3. The molecule has 3 aromatic rings. The number of aryl methyl sites for hydroxylation is 1. The van der Waals surface area contributed by atoms with Crippen molar-refractivity contribution in [1.82, 2.24) is 15.0 Å². The molecule has 3 rings (SSSR count). The molecule has 0 unspecified atom stereocenters. The van der Waals surface area contributed by atoms with E-state index in [1.54, 1.807) is 38.4 Å². The second-order valence-corrected chi connectivity index (χ2v) is 5.56. The number of H-pyrrole nitrogens is 1. The monoisotopic (exact) mass is 346 g/mol. The minimum Gasteiger partial charge on any atom is -0.373 e. The largest absolute Gasteiger partial charge is 0.416 e. The van der Waals surface area contributed by atoms with Gasteiger partial charge in [-0.05, 0) is 35.2 Å². The van der Waals surface area contributed by atoms with Crippen molar-refractivity contribution in [3.05, 3.63) is 54.0 Å². The van der Waals surface area contributed by atoms with Gasteiger partial charge in [-0.25, -0.2) is 9.97 Å². The number of aromatic amines is 1. The van der Waals surface area contributed by atoms with Crippen LogP contribution >= 0.6 is 0 Å². The first kappa shape index (κ1) is 17.0. The molecule has 0 fully saturated rings. The van der Waals surface area contributed by atoms with Gasteiger partial charge in [-0.2, -0.15) is 13.2 Å². The zero-order chi connectivity index (χ0) is 18.0. The van der Waals surface area contributed by atoms with Gasteiger partial charge in [0, 0.05) is 19.3 Å². The molecular formula is C18H17F3N4. The Morgan fingerprint density at radius 1 is 1.08 bits per heavy atom. The quantitative estimate of drug-likeness (QED) is 0.716. The van der Waals surface area contributed by atoms with Crippen LogP contribution in [0.2, 0.25) is 0 Å². The third-order valence-electron chi connectivity index (χ3n) is 4.01. The molecule has 0 aliphatic rings. The number of benzene rings is 1. The Labute approximate surface area is 143 Å². The number of hydrogen-bond acceptors (Lipinski definition) is 3. The van der Waals surface area contributed by atoms with Crippen LogP contribution in [0, 0.1) is 0 Å². The molecule has 4 nitrogen and oxygen atoms in total. The summed E-state index contributed by atoms with van der Waals surface area (Å²) in [5, 5.41) is 2.92. The van der Waals surface area contributed by atoms with Gasteiger partial charge in [0.25, 0.3) is 0 Å². The Kier molecular flexibility index (Phi) is 4.48. The Morgan fingerprint density at radius 2 is 1.88 bits per heavy atom. The molecule has 0 aliphatic heterocycles. The average Bonchev–Trinajstić information content (AvgIpc) is 3.10. The summed E-state index contributed by atoms with van der Waals surface area (Å²) in [6.07, 6.45) is -0.923. The molecule has 25 heavy (non-hydrogen) atoms. The predicted molar refractivity (Wildman–Crippen MR) is 91.2 cm³/mol. The summed E-state index contributed by atoms with van der Waals surface area (Å²) < 4.78 is 39.8. The van der Waals surface area contributed by atoms with Crippen molar-refractivity contribution in [2.24, 2.45) is 0 Å². The highest BCUT2D eigenvalue weighted by atomic mass is 19.4. The first-order valence-corrected chi connectivity index (χ1v) is 7.81. The minimum atomic E-state index is -4.37. The second kappa shape index (κ2) is 6.58. The van der Waals surface area contributed by atoms with Crippen LogP contribution < -0.4 is 5.32 Å². The molecule has 0 bridgehead atoms. The van der Waals surface area contributed by atoms with E-state index >= 15 is 0 Å². The normalized spacial score (nSPS) is 11.6. The highest BCUT2D eigenvalue weighted by Crippen LogP contribution is 2.36. The average molecular weight is 346 g/mol. The fraction of sp³-hybridized carbons (Fsp3) is 0.222. The van der Waals surface area contributed by atoms with Crippen LogP contribution in [0.4, 0.5) is 19.0 Å². The van der Waals surface area contributed by atoms with Crippen LogP contribution in [-0.2, 0) is 12.6 Å². The molecule has 130 valence electrons. The maximum absolute atomic E-state index is 13.3. The van der Waals surface area contributed by atoms with Crippen molar-refractivity contribution in [3.63, 3.8) is 0 Å². The first-order chi connectivity index (χ1) is 11.9.